The summed E-state index contributed by atoms with van der Waals surface area (Å²) in [5, 5.41) is 0. The van der Waals surface area contributed by atoms with Crippen LogP contribution < -0.4 is 0 Å². The van der Waals surface area contributed by atoms with Gasteiger partial charge in [-0.3, -0.25) is 0 Å². The van der Waals surface area contributed by atoms with Crippen LogP contribution in [0.3, 0.4) is 0 Å². The van der Waals surface area contributed by atoms with Crippen LogP contribution in [0.2, 0.25) is 0 Å². The van der Waals surface area contributed by atoms with Gasteiger partial charge in [-0.25, -0.2) is 0 Å². The van der Waals surface area contributed by atoms with Gasteiger partial charge in [0.1, 0.15) is 0 Å². The maximum absolute atomic E-state index is 13.0. The molecule has 0 atom stereocenters. The average molecular weight is 304 g/mol. The predicted octanol–water partition coefficient (Wildman–Crippen LogP) is 5.70. The summed E-state index contributed by atoms with van der Waals surface area (Å²) in [7, 11) is 0. The Balaban J connectivity index is 2.59. The van der Waals surface area contributed by atoms with E-state index in [0.717, 1.165) is 24.3 Å². The highest BCUT2D eigenvalue weighted by molar-refractivity contribution is 5.71. The fourth-order valence-corrected chi connectivity index (χ4v) is 2.11. The first kappa shape index (κ1) is 15.4. The van der Waals surface area contributed by atoms with Gasteiger partial charge in [-0.1, -0.05) is 24.3 Å². The van der Waals surface area contributed by atoms with Crippen LogP contribution in [0.4, 0.5) is 26.3 Å². The minimum absolute atomic E-state index is 0.128. The van der Waals surface area contributed by atoms with Crippen molar-refractivity contribution in [3.8, 4) is 11.1 Å². The molecule has 0 aliphatic rings. The van der Waals surface area contributed by atoms with Crippen molar-refractivity contribution < 1.29 is 26.3 Å². The van der Waals surface area contributed by atoms with Crippen molar-refractivity contribution in [2.24, 2.45) is 0 Å². The molecule has 0 nitrogen and oxygen atoms in total. The van der Waals surface area contributed by atoms with Crippen LogP contribution >= 0.6 is 0 Å². The van der Waals surface area contributed by atoms with E-state index < -0.39 is 23.5 Å². The molecule has 0 unspecified atom stereocenters. The lowest BCUT2D eigenvalue weighted by atomic mass is 9.94. The van der Waals surface area contributed by atoms with E-state index in [2.05, 4.69) is 0 Å². The maximum Gasteiger partial charge on any atom is 0.417 e. The number of halogens is 6. The Morgan fingerprint density at radius 2 is 1.33 bits per heavy atom. The molecule has 0 spiro atoms. The summed E-state index contributed by atoms with van der Waals surface area (Å²) in [5.41, 5.74) is -1.60. The van der Waals surface area contributed by atoms with Crippen LogP contribution in [0, 0.1) is 6.92 Å². The zero-order chi connectivity index (χ0) is 15.8. The second kappa shape index (κ2) is 5.09. The molecule has 0 aliphatic carbocycles. The standard InChI is InChI=1S/C15H10F6/c1-9-8-10(14(16,17)18)6-7-11(9)12-4-2-3-5-13(12)15(19,20)21/h2-8H,1H3. The molecule has 0 radical (unpaired) electrons. The number of hydrogen-bond donors (Lipinski definition) is 0. The van der Waals surface area contributed by atoms with E-state index in [1.165, 1.54) is 25.1 Å². The molecule has 112 valence electrons. The van der Waals surface area contributed by atoms with E-state index in [0.29, 0.717) is 0 Å². The third-order valence-electron chi connectivity index (χ3n) is 3.08. The number of aryl methyl sites for hydroxylation is 1. The molecule has 0 aliphatic heterocycles. The first-order valence-corrected chi connectivity index (χ1v) is 5.95. The molecule has 0 heterocycles. The Morgan fingerprint density at radius 3 is 1.86 bits per heavy atom. The van der Waals surface area contributed by atoms with Crippen molar-refractivity contribution in [3.05, 3.63) is 59.2 Å². The molecule has 0 aromatic heterocycles. The molecule has 0 bridgehead atoms. The molecule has 0 N–H and O–H groups in total. The molecular weight excluding hydrogens is 294 g/mol. The van der Waals surface area contributed by atoms with Gasteiger partial charge < -0.3 is 0 Å². The van der Waals surface area contributed by atoms with Crippen LogP contribution in [-0.2, 0) is 12.4 Å². The number of benzene rings is 2. The zero-order valence-corrected chi connectivity index (χ0v) is 10.8. The quantitative estimate of drug-likeness (QED) is 0.593. The predicted molar refractivity (Wildman–Crippen MR) is 66.6 cm³/mol. The Bertz CT molecular complexity index is 652. The summed E-state index contributed by atoms with van der Waals surface area (Å²) >= 11 is 0. The van der Waals surface area contributed by atoms with Crippen LogP contribution in [0.15, 0.2) is 42.5 Å². The second-order valence-corrected chi connectivity index (χ2v) is 4.57. The number of hydrogen-bond acceptors (Lipinski definition) is 0. The molecule has 2 aromatic carbocycles. The van der Waals surface area contributed by atoms with Crippen molar-refractivity contribution in [2.75, 3.05) is 0 Å². The van der Waals surface area contributed by atoms with Crippen LogP contribution in [-0.4, -0.2) is 0 Å². The van der Waals surface area contributed by atoms with Crippen LogP contribution in [0.25, 0.3) is 11.1 Å². The Morgan fingerprint density at radius 1 is 0.714 bits per heavy atom. The van der Waals surface area contributed by atoms with Crippen molar-refractivity contribution in [1.29, 1.82) is 0 Å². The van der Waals surface area contributed by atoms with E-state index >= 15 is 0 Å². The highest BCUT2D eigenvalue weighted by Crippen LogP contribution is 2.39. The third kappa shape index (κ3) is 3.20. The third-order valence-corrected chi connectivity index (χ3v) is 3.08. The van der Waals surface area contributed by atoms with Gasteiger partial charge in [-0.05, 0) is 41.8 Å². The molecule has 0 saturated heterocycles. The smallest absolute Gasteiger partial charge is 0.166 e. The van der Waals surface area contributed by atoms with E-state index in [4.69, 9.17) is 0 Å². The van der Waals surface area contributed by atoms with Gasteiger partial charge in [0.25, 0.3) is 0 Å². The summed E-state index contributed by atoms with van der Waals surface area (Å²) in [5.74, 6) is 0. The van der Waals surface area contributed by atoms with Gasteiger partial charge in [0.05, 0.1) is 11.1 Å². The van der Waals surface area contributed by atoms with Gasteiger partial charge in [0, 0.05) is 0 Å². The van der Waals surface area contributed by atoms with Crippen molar-refractivity contribution in [3.63, 3.8) is 0 Å². The van der Waals surface area contributed by atoms with Crippen molar-refractivity contribution in [1.82, 2.24) is 0 Å². The number of alkyl halides is 6. The molecule has 0 saturated carbocycles. The van der Waals surface area contributed by atoms with E-state index in [9.17, 15) is 26.3 Å². The van der Waals surface area contributed by atoms with Gasteiger partial charge >= 0.3 is 12.4 Å². The lowest BCUT2D eigenvalue weighted by Crippen LogP contribution is -2.08. The Labute approximate surface area is 117 Å². The first-order valence-electron chi connectivity index (χ1n) is 5.95. The highest BCUT2D eigenvalue weighted by atomic mass is 19.4. The average Bonchev–Trinajstić information content (AvgIpc) is 2.36. The minimum atomic E-state index is -4.56. The SMILES string of the molecule is Cc1cc(C(F)(F)F)ccc1-c1ccccc1C(F)(F)F. The normalized spacial score (nSPS) is 12.5. The molecule has 6 heteroatoms. The summed E-state index contributed by atoms with van der Waals surface area (Å²) in [6.07, 6.45) is -9.08. The zero-order valence-electron chi connectivity index (χ0n) is 10.8. The topological polar surface area (TPSA) is 0 Å². The van der Waals surface area contributed by atoms with Crippen molar-refractivity contribution >= 4 is 0 Å². The Hall–Kier alpha value is -1.98. The van der Waals surface area contributed by atoms with Crippen LogP contribution in [0.1, 0.15) is 16.7 Å². The van der Waals surface area contributed by atoms with E-state index in [1.54, 1.807) is 0 Å². The first-order chi connectivity index (χ1) is 9.60. The minimum Gasteiger partial charge on any atom is -0.166 e. The van der Waals surface area contributed by atoms with Gasteiger partial charge in [-0.2, -0.15) is 26.3 Å². The van der Waals surface area contributed by atoms with Gasteiger partial charge in [-0.15, -0.1) is 0 Å². The summed E-state index contributed by atoms with van der Waals surface area (Å²) in [6.45, 7) is 1.36. The molecule has 21 heavy (non-hydrogen) atoms. The van der Waals surface area contributed by atoms with Crippen molar-refractivity contribution in [2.45, 2.75) is 19.3 Å². The second-order valence-electron chi connectivity index (χ2n) is 4.57. The monoisotopic (exact) mass is 304 g/mol. The maximum atomic E-state index is 13.0. The summed E-state index contributed by atoms with van der Waals surface area (Å²) in [6, 6.07) is 7.53. The number of rotatable bonds is 1. The lowest BCUT2D eigenvalue weighted by molar-refractivity contribution is -0.138. The lowest BCUT2D eigenvalue weighted by Gasteiger charge is -2.16. The van der Waals surface area contributed by atoms with Gasteiger partial charge in [0.15, 0.2) is 0 Å². The molecular formula is C15H10F6. The fourth-order valence-electron chi connectivity index (χ4n) is 2.11. The van der Waals surface area contributed by atoms with E-state index in [-0.39, 0.29) is 16.7 Å². The molecule has 2 aromatic rings. The highest BCUT2D eigenvalue weighted by Gasteiger charge is 2.34. The summed E-state index contributed by atoms with van der Waals surface area (Å²) < 4.78 is 76.6. The largest absolute Gasteiger partial charge is 0.417 e. The summed E-state index contributed by atoms with van der Waals surface area (Å²) in [4.78, 5) is 0. The fraction of sp³-hybridized carbons (Fsp3) is 0.200. The van der Waals surface area contributed by atoms with Crippen LogP contribution in [0.5, 0.6) is 0 Å². The van der Waals surface area contributed by atoms with E-state index in [1.807, 2.05) is 0 Å². The molecule has 0 amide bonds. The van der Waals surface area contributed by atoms with Gasteiger partial charge in [0.2, 0.25) is 0 Å². The molecule has 2 rings (SSSR count). The Kier molecular flexibility index (Phi) is 3.74. The molecule has 0 fully saturated rings.